The van der Waals surface area contributed by atoms with Crippen LogP contribution in [0.15, 0.2) is 341 Å². The van der Waals surface area contributed by atoms with Crippen LogP contribution in [0.3, 0.4) is 0 Å². The smallest absolute Gasteiger partial charge is 0.338 e. The number of carbonyl (C=O) groups excluding carboxylic acids is 10. The normalized spacial score (nSPS) is 9.97. The second kappa shape index (κ2) is 46.2. The van der Waals surface area contributed by atoms with Crippen LogP contribution in [0, 0.1) is 23.3 Å². The zero-order valence-corrected chi connectivity index (χ0v) is 68.9. The summed E-state index contributed by atoms with van der Waals surface area (Å²) in [5.41, 5.74) is 9.38. The van der Waals surface area contributed by atoms with E-state index in [1.807, 2.05) is 66.7 Å². The quantitative estimate of drug-likeness (QED) is 0.0211. The van der Waals surface area contributed by atoms with E-state index in [4.69, 9.17) is 42.6 Å². The van der Waals surface area contributed by atoms with E-state index in [1.165, 1.54) is 76.2 Å². The molecule has 10 rings (SSSR count). The first-order valence-electron chi connectivity index (χ1n) is 36.8. The van der Waals surface area contributed by atoms with E-state index in [2.05, 4.69) is 77.1 Å². The topological polar surface area (TPSA) is 263 Å². The van der Waals surface area contributed by atoms with E-state index in [0.29, 0.717) is 62.4 Å². The van der Waals surface area contributed by atoms with Crippen molar-refractivity contribution in [2.75, 3.05) is 0 Å². The molecule has 0 N–H and O–H groups in total. The molecule has 10 aromatic carbocycles. The Morgan fingerprint density at radius 2 is 0.476 bits per heavy atom. The van der Waals surface area contributed by atoms with Gasteiger partial charge in [0.05, 0.1) is 0 Å². The molecule has 20 nitrogen and oxygen atoms in total. The van der Waals surface area contributed by atoms with E-state index < -0.39 is 88.7 Å². The molecule has 0 aliphatic heterocycles. The van der Waals surface area contributed by atoms with Crippen molar-refractivity contribution in [3.8, 4) is 113 Å². The summed E-state index contributed by atoms with van der Waals surface area (Å²) in [5.74, 6) is -7.45. The van der Waals surface area contributed by atoms with Gasteiger partial charge in [-0.2, -0.15) is 0 Å². The molecule has 0 bridgehead atoms. The summed E-state index contributed by atoms with van der Waals surface area (Å²) in [6, 6.07) is 56.2. The summed E-state index contributed by atoms with van der Waals surface area (Å²) in [5, 5.41) is 0. The fourth-order valence-corrected chi connectivity index (χ4v) is 9.53. The summed E-state index contributed by atoms with van der Waals surface area (Å²) < 4.78 is 107. The van der Waals surface area contributed by atoms with Crippen molar-refractivity contribution in [2.24, 2.45) is 0 Å². The molecule has 0 spiro atoms. The third kappa shape index (κ3) is 30.0. The molecule has 0 fully saturated rings. The van der Waals surface area contributed by atoms with Crippen molar-refractivity contribution in [3.63, 3.8) is 0 Å². The number of rotatable bonds is 26. The Hall–Kier alpha value is -16.2. The molecule has 0 saturated heterocycles. The number of carbonyl (C=O) groups is 10. The number of esters is 10. The third-order valence-electron chi connectivity index (χ3n) is 16.1. The Morgan fingerprint density at radius 1 is 0.234 bits per heavy atom. The van der Waals surface area contributed by atoms with Crippen molar-refractivity contribution in [1.29, 1.82) is 0 Å². The van der Waals surface area contributed by atoms with Gasteiger partial charge in [0.2, 0.25) is 5.75 Å². The van der Waals surface area contributed by atoms with Gasteiger partial charge in [-0.25, -0.2) is 65.5 Å². The van der Waals surface area contributed by atoms with Gasteiger partial charge in [-0.3, -0.25) is 0 Å². The Kier molecular flexibility index (Phi) is 36.0. The molecule has 0 amide bonds. The van der Waals surface area contributed by atoms with E-state index in [9.17, 15) is 65.5 Å². The van der Waals surface area contributed by atoms with Crippen molar-refractivity contribution in [1.82, 2.24) is 0 Å². The number of hydrogen-bond acceptors (Lipinski definition) is 20. The molecule has 0 heterocycles. The maximum atomic E-state index is 14.3. The highest BCUT2D eigenvalue weighted by Crippen LogP contribution is 2.35. The first-order chi connectivity index (χ1) is 58.7. The van der Waals surface area contributed by atoms with Crippen LogP contribution < -0.4 is 47.4 Å². The summed E-state index contributed by atoms with van der Waals surface area (Å²) in [4.78, 5) is 114. The molecule has 0 unspecified atom stereocenters. The largest absolute Gasteiger partial charge is 0.423 e. The summed E-state index contributed by atoms with van der Waals surface area (Å²) in [7, 11) is 0. The molecule has 632 valence electrons. The van der Waals surface area contributed by atoms with Crippen LogP contribution in [0.5, 0.6) is 57.5 Å². The average Bonchev–Trinajstić information content (AvgIpc) is 0.801. The molecule has 0 aromatic heterocycles. The Balaban J connectivity index is 0.000000240. The molecule has 124 heavy (non-hydrogen) atoms. The van der Waals surface area contributed by atoms with Gasteiger partial charge in [0.15, 0.2) is 23.2 Å². The summed E-state index contributed by atoms with van der Waals surface area (Å²) >= 11 is 0. The van der Waals surface area contributed by atoms with Gasteiger partial charge in [0.1, 0.15) is 51.8 Å². The van der Waals surface area contributed by atoms with Gasteiger partial charge < -0.3 is 47.4 Å². The molecule has 24 heteroatoms. The van der Waals surface area contributed by atoms with Crippen LogP contribution in [-0.4, -0.2) is 59.7 Å². The minimum atomic E-state index is -1.02. The monoisotopic (exact) mass is 1680 g/mol. The number of hydrogen-bond donors (Lipinski definition) is 0. The zero-order valence-electron chi connectivity index (χ0n) is 68.9. The average molecular weight is 1680 g/mol. The lowest BCUT2D eigenvalue weighted by Gasteiger charge is -2.11. The highest BCUT2D eigenvalue weighted by Gasteiger charge is 2.21. The first kappa shape index (κ1) is 96.6. The molecule has 0 atom stereocenters. The van der Waals surface area contributed by atoms with Crippen LogP contribution >= 0.6 is 0 Å². The van der Waals surface area contributed by atoms with Crippen LogP contribution in [0.4, 0.5) is 17.6 Å². The molecule has 10 aromatic rings. The minimum Gasteiger partial charge on any atom is -0.423 e. The molecular formula is C100H84F4O20. The van der Waals surface area contributed by atoms with Gasteiger partial charge in [-0.05, 0) is 232 Å². The van der Waals surface area contributed by atoms with E-state index in [-0.39, 0.29) is 56.2 Å². The molecule has 0 radical (unpaired) electrons. The first-order valence-corrected chi connectivity index (χ1v) is 36.8. The van der Waals surface area contributed by atoms with Crippen molar-refractivity contribution in [2.45, 2.75) is 55.4 Å². The highest BCUT2D eigenvalue weighted by molar-refractivity contribution is 5.94. The molecule has 0 aliphatic rings. The van der Waals surface area contributed by atoms with Crippen LogP contribution in [0.25, 0.3) is 61.7 Å². The van der Waals surface area contributed by atoms with Gasteiger partial charge in [0.25, 0.3) is 0 Å². The predicted molar refractivity (Wildman–Crippen MR) is 465 cm³/mol. The number of halogens is 4. The standard InChI is InChI=1S/C22H20O4.2C20H16F2O4.C20H18O4.C18H14O4/c1-6-16-13-19(26-22(24)15(4)5)11-12-20(16)17-7-9-18(10-8-17)25-21(23)14(2)3;1-11(2)19(23)25-14-6-7-15(16(21)10-14)13-5-8-18(17(22)9-13)26-20(24)12(3)4;1-11(2)19(23)25-15-7-5-13(6-8-15)14-9-16(21)18(17(22)10-14)26-20(24)12(3)4;1-13(2)19(21)23-17-9-5-15(6-10-17)16-7-11-18(12-8-16)24-20(22)14(3)4;1-3-17(19)21-15-9-5-13(6-10-15)14-7-11-16(12-8-14)22-18(20)4-2/h6-13H,1-2,4H2,3,5H3;2*5-10H,1,3H2,2,4H3;5-12H,1,3H2,2,4H3;3-12H,1-2H2. The maximum Gasteiger partial charge on any atom is 0.338 e. The number of benzene rings is 10. The van der Waals surface area contributed by atoms with Crippen LogP contribution in [-0.2, 0) is 47.9 Å². The lowest BCUT2D eigenvalue weighted by molar-refractivity contribution is -0.131. The van der Waals surface area contributed by atoms with Gasteiger partial charge in [0, 0.05) is 68.4 Å². The molecule has 0 aliphatic carbocycles. The predicted octanol–water partition coefficient (Wildman–Crippen LogP) is 22.0. The van der Waals surface area contributed by atoms with Gasteiger partial charge in [-0.1, -0.05) is 163 Å². The van der Waals surface area contributed by atoms with Crippen molar-refractivity contribution < 1.29 is 113 Å². The van der Waals surface area contributed by atoms with Gasteiger partial charge >= 0.3 is 59.7 Å². The fraction of sp³-hybridized carbons (Fsp3) is 0.0800. The lowest BCUT2D eigenvalue weighted by atomic mass is 9.99. The van der Waals surface area contributed by atoms with Crippen LogP contribution in [0.2, 0.25) is 0 Å². The Morgan fingerprint density at radius 3 is 0.766 bits per heavy atom. The highest BCUT2D eigenvalue weighted by atomic mass is 19.1. The Bertz CT molecular complexity index is 5700. The second-order valence-electron chi connectivity index (χ2n) is 26.8. The second-order valence-corrected chi connectivity index (χ2v) is 26.8. The maximum absolute atomic E-state index is 14.3. The summed E-state index contributed by atoms with van der Waals surface area (Å²) in [6.45, 7) is 50.5. The zero-order chi connectivity index (χ0) is 91.8. The third-order valence-corrected chi connectivity index (χ3v) is 16.1. The SMILES string of the molecule is C=C(C)C(=O)Oc1ccc(-c2cc(F)c(OC(=O)C(=C)C)c(F)c2)cc1.C=C(C)C(=O)Oc1ccc(-c2ccc(OC(=O)C(=C)C)c(F)c2)c(F)c1.C=C(C)C(=O)Oc1ccc(-c2ccc(OC(=O)C(=C)C)cc2)cc1.C=CC(=O)Oc1ccc(-c2ccc(OC(=O)C=C)cc2)cc1.C=Cc1cc(OC(=O)C(=C)C)ccc1-c1ccc(OC(=O)C(=C)C)cc1. The fourth-order valence-electron chi connectivity index (χ4n) is 9.53. The van der Waals surface area contributed by atoms with Gasteiger partial charge in [-0.15, -0.1) is 0 Å². The molecular weight excluding hydrogens is 1600 g/mol. The van der Waals surface area contributed by atoms with E-state index in [1.54, 1.807) is 107 Å². The number of ether oxygens (including phenoxy) is 10. The van der Waals surface area contributed by atoms with Crippen LogP contribution in [0.1, 0.15) is 61.0 Å². The Labute approximate surface area is 713 Å². The van der Waals surface area contributed by atoms with E-state index >= 15 is 0 Å². The lowest BCUT2D eigenvalue weighted by Crippen LogP contribution is -2.10. The minimum absolute atomic E-state index is 0.00623. The van der Waals surface area contributed by atoms with E-state index in [0.717, 1.165) is 75.4 Å². The summed E-state index contributed by atoms with van der Waals surface area (Å²) in [6.07, 6.45) is 3.90. The van der Waals surface area contributed by atoms with Crippen molar-refractivity contribution >= 4 is 65.8 Å². The molecule has 0 saturated carbocycles. The van der Waals surface area contributed by atoms with Crippen molar-refractivity contribution in [3.05, 3.63) is 370 Å².